The number of rotatable bonds is 7. The van der Waals surface area contributed by atoms with Crippen LogP contribution in [0.25, 0.3) is 0 Å². The fourth-order valence-corrected chi connectivity index (χ4v) is 3.45. The Labute approximate surface area is 205 Å². The van der Waals surface area contributed by atoms with Crippen molar-refractivity contribution in [2.75, 3.05) is 26.3 Å². The quantitative estimate of drug-likeness (QED) is 0.514. The maximum absolute atomic E-state index is 9.51. The number of ether oxygens (including phenoxy) is 3. The largest absolute Gasteiger partial charge is 0.454 e. The second kappa shape index (κ2) is 9.54. The Hall–Kier alpha value is -2.82. The molecule has 0 aliphatic carbocycles. The molecule has 1 saturated heterocycles. The predicted octanol–water partition coefficient (Wildman–Crippen LogP) is 5.23. The summed E-state index contributed by atoms with van der Waals surface area (Å²) in [6.45, 7) is -4.26. The zero-order valence-corrected chi connectivity index (χ0v) is 16.5. The molecule has 0 aromatic heterocycles. The zero-order valence-electron chi connectivity index (χ0n) is 31.5. The number of hydrogen-bond acceptors (Lipinski definition) is 4. The molecule has 31 heavy (non-hydrogen) atoms. The Morgan fingerprint density at radius 3 is 2.52 bits per heavy atom. The fraction of sp³-hybridized carbons (Fsp3) is 0.333. The molecule has 4 heteroatoms. The molecule has 4 nitrogen and oxygen atoms in total. The van der Waals surface area contributed by atoms with Crippen molar-refractivity contribution in [1.29, 1.82) is 0 Å². The summed E-state index contributed by atoms with van der Waals surface area (Å²) in [5.74, 6) is 0.294. The van der Waals surface area contributed by atoms with Gasteiger partial charge in [0.05, 0.1) is 21.2 Å². The van der Waals surface area contributed by atoms with Crippen molar-refractivity contribution in [3.05, 3.63) is 95.3 Å². The van der Waals surface area contributed by atoms with Crippen LogP contribution in [-0.4, -0.2) is 37.3 Å². The van der Waals surface area contributed by atoms with Gasteiger partial charge in [-0.1, -0.05) is 66.5 Å². The van der Waals surface area contributed by atoms with Crippen LogP contribution in [-0.2, 0) is 11.2 Å². The third-order valence-electron chi connectivity index (χ3n) is 4.93. The first kappa shape index (κ1) is 9.35. The number of nitrogens with zero attached hydrogens (tertiary/aromatic N) is 1. The van der Waals surface area contributed by atoms with Gasteiger partial charge in [-0.05, 0) is 54.6 Å². The average molecular weight is 431 g/mol. The van der Waals surface area contributed by atoms with E-state index in [0.29, 0.717) is 12.0 Å². The molecule has 1 atom stereocenters. The minimum absolute atomic E-state index is 0.120. The Balaban J connectivity index is 1.53. The molecule has 0 amide bonds. The topological polar surface area (TPSA) is 30.9 Å². The van der Waals surface area contributed by atoms with Crippen LogP contribution in [0.4, 0.5) is 0 Å². The highest BCUT2D eigenvalue weighted by atomic mass is 16.7. The maximum Gasteiger partial charge on any atom is 0.231 e. The van der Waals surface area contributed by atoms with Gasteiger partial charge in [-0.3, -0.25) is 0 Å². The van der Waals surface area contributed by atoms with E-state index in [2.05, 4.69) is 0 Å². The number of piperidine rings is 1. The van der Waals surface area contributed by atoms with Crippen molar-refractivity contribution in [2.45, 2.75) is 31.4 Å². The molecule has 0 spiro atoms. The van der Waals surface area contributed by atoms with E-state index >= 15 is 0 Å². The Bertz CT molecular complexity index is 1590. The minimum atomic E-state index is -2.89. The van der Waals surface area contributed by atoms with Crippen LogP contribution in [0.1, 0.15) is 56.2 Å². The molecule has 0 saturated carbocycles. The van der Waals surface area contributed by atoms with E-state index in [-0.39, 0.29) is 37.4 Å². The highest BCUT2D eigenvalue weighted by Gasteiger charge is 2.25. The number of hydrogen-bond donors (Lipinski definition) is 0. The number of likely N-dealkylation sites (tertiary alicyclic amines) is 1. The molecular weight excluding hydrogens is 386 g/mol. The molecule has 3 aromatic carbocycles. The first-order valence-electron chi connectivity index (χ1n) is 17.4. The second-order valence-electron chi connectivity index (χ2n) is 7.06. The summed E-state index contributed by atoms with van der Waals surface area (Å²) in [6, 6.07) is -3.57. The van der Waals surface area contributed by atoms with Gasteiger partial charge in [0.25, 0.3) is 0 Å². The molecule has 0 unspecified atom stereocenters. The van der Waals surface area contributed by atoms with E-state index < -0.39 is 97.0 Å². The summed E-state index contributed by atoms with van der Waals surface area (Å²) < 4.78 is 142. The number of benzene rings is 3. The number of fused-ring (bicyclic) bond motifs is 1. The van der Waals surface area contributed by atoms with Crippen molar-refractivity contribution in [2.24, 2.45) is 0 Å². The SMILES string of the molecule is [2H]c1c([2H])c([2H])c(C([2H])(O[C@@H]2CCCN(C([2H])([2H])Cc3ccc4c(c3)OC([2H])([2H])O4)C2)c2c([2H])c([2H])c([2H])c([2H])c2[2H])c([2H])c1[2H]. The van der Waals surface area contributed by atoms with Crippen LogP contribution in [0.15, 0.2) is 78.6 Å². The fourth-order valence-electron chi connectivity index (χ4n) is 3.45. The van der Waals surface area contributed by atoms with Crippen molar-refractivity contribution < 1.29 is 34.8 Å². The molecule has 2 aliphatic heterocycles. The highest BCUT2D eigenvalue weighted by Crippen LogP contribution is 2.33. The summed E-state index contributed by atoms with van der Waals surface area (Å²) in [5, 5.41) is 0. The molecule has 0 N–H and O–H groups in total. The van der Waals surface area contributed by atoms with E-state index in [1.54, 1.807) is 6.07 Å². The van der Waals surface area contributed by atoms with Crippen molar-refractivity contribution >= 4 is 0 Å². The van der Waals surface area contributed by atoms with Crippen molar-refractivity contribution in [1.82, 2.24) is 4.90 Å². The molecule has 0 radical (unpaired) electrons. The maximum atomic E-state index is 9.51. The third kappa shape index (κ3) is 4.92. The van der Waals surface area contributed by atoms with Gasteiger partial charge in [-0.25, -0.2) is 0 Å². The van der Waals surface area contributed by atoms with Crippen LogP contribution < -0.4 is 9.47 Å². The molecule has 0 bridgehead atoms. The van der Waals surface area contributed by atoms with Crippen LogP contribution >= 0.6 is 0 Å². The molecule has 3 aromatic rings. The van der Waals surface area contributed by atoms with Gasteiger partial charge in [-0.15, -0.1) is 0 Å². The summed E-state index contributed by atoms with van der Waals surface area (Å²) >= 11 is 0. The molecule has 2 aliphatic rings. The Morgan fingerprint density at radius 2 is 1.77 bits per heavy atom. The van der Waals surface area contributed by atoms with Crippen LogP contribution in [0.2, 0.25) is 0 Å². The van der Waals surface area contributed by atoms with Crippen molar-refractivity contribution in [3.63, 3.8) is 0 Å². The van der Waals surface area contributed by atoms with Gasteiger partial charge >= 0.3 is 0 Å². The lowest BCUT2D eigenvalue weighted by Gasteiger charge is -2.35. The lowest BCUT2D eigenvalue weighted by atomic mass is 10.00. The van der Waals surface area contributed by atoms with Gasteiger partial charge in [0.1, 0.15) is 8.82 Å². The lowest BCUT2D eigenvalue weighted by Crippen LogP contribution is -2.41. The summed E-state index contributed by atoms with van der Waals surface area (Å²) in [6.07, 6.45) is -3.53. The van der Waals surface area contributed by atoms with E-state index in [0.717, 1.165) is 0 Å². The van der Waals surface area contributed by atoms with Gasteiger partial charge in [0.15, 0.2) is 11.5 Å². The van der Waals surface area contributed by atoms with Crippen LogP contribution in [0.3, 0.4) is 0 Å². The van der Waals surface area contributed by atoms with E-state index in [4.69, 9.17) is 33.4 Å². The minimum Gasteiger partial charge on any atom is -0.454 e. The summed E-state index contributed by atoms with van der Waals surface area (Å²) in [7, 11) is 0. The summed E-state index contributed by atoms with van der Waals surface area (Å²) in [4.78, 5) is 1.44. The van der Waals surface area contributed by atoms with E-state index in [9.17, 15) is 1.37 Å². The number of aryl methyl sites for hydroxylation is 1. The Morgan fingerprint density at radius 1 is 1.06 bits per heavy atom. The first-order chi connectivity index (χ1) is 21.3. The first-order valence-corrected chi connectivity index (χ1v) is 9.87. The molecule has 1 fully saturated rings. The van der Waals surface area contributed by atoms with Gasteiger partial charge < -0.3 is 19.1 Å². The molecule has 160 valence electrons. The molecule has 2 heterocycles. The van der Waals surface area contributed by atoms with Gasteiger partial charge in [0.2, 0.25) is 6.75 Å². The third-order valence-corrected chi connectivity index (χ3v) is 4.93. The second-order valence-corrected chi connectivity index (χ2v) is 7.06. The van der Waals surface area contributed by atoms with Gasteiger partial charge in [-0.2, -0.15) is 0 Å². The standard InChI is InChI=1S/C27H29NO3/c1-3-8-22(9-4-1)27(23-10-5-2-6-11-23)31-24-12-7-16-28(19-24)17-15-21-13-14-25-26(18-21)30-20-29-25/h1-6,8-11,13-14,18,24,27H,7,12,15-17,19-20H2/t24-/m1/s1/i1D,2D,3D,4D,5D,6D,8D,9D,10D,11D,17D2,20D2,27D. The normalized spacial score (nSPS) is 27.7. The molecular formula is C27H29NO3. The Kier molecular flexibility index (Phi) is 2.88. The lowest BCUT2D eigenvalue weighted by molar-refractivity contribution is -0.0330. The summed E-state index contributed by atoms with van der Waals surface area (Å²) in [5.41, 5.74) is -1.00. The van der Waals surface area contributed by atoms with Crippen molar-refractivity contribution in [3.8, 4) is 11.5 Å². The average Bonchev–Trinajstić information content (AvgIpc) is 3.30. The smallest absolute Gasteiger partial charge is 0.231 e. The van der Waals surface area contributed by atoms with E-state index in [1.807, 2.05) is 0 Å². The monoisotopic (exact) mass is 430 g/mol. The van der Waals surface area contributed by atoms with Crippen LogP contribution in [0, 0.1) is 0 Å². The van der Waals surface area contributed by atoms with E-state index in [1.165, 1.54) is 17.0 Å². The highest BCUT2D eigenvalue weighted by molar-refractivity contribution is 5.44. The van der Waals surface area contributed by atoms with Gasteiger partial charge in [0, 0.05) is 15.8 Å². The van der Waals surface area contributed by atoms with Crippen LogP contribution in [0.5, 0.6) is 11.5 Å². The zero-order chi connectivity index (χ0) is 34.1. The predicted molar refractivity (Wildman–Crippen MR) is 122 cm³/mol. The molecule has 5 rings (SSSR count).